The van der Waals surface area contributed by atoms with E-state index in [2.05, 4.69) is 30.3 Å². The van der Waals surface area contributed by atoms with Crippen LogP contribution in [-0.4, -0.2) is 22.4 Å². The Labute approximate surface area is 120 Å². The summed E-state index contributed by atoms with van der Waals surface area (Å²) in [4.78, 5) is 0. The fraction of sp³-hybridized carbons (Fsp3) is 0.438. The SMILES string of the molecule is CC(C)NCc1ccn(CCCOc2ccccc2)n1. The average Bonchev–Trinajstić information content (AvgIpc) is 2.90. The van der Waals surface area contributed by atoms with E-state index in [1.165, 1.54) is 0 Å². The number of nitrogens with one attached hydrogen (secondary N) is 1. The monoisotopic (exact) mass is 273 g/mol. The summed E-state index contributed by atoms with van der Waals surface area (Å²) < 4.78 is 7.64. The van der Waals surface area contributed by atoms with Crippen LogP contribution in [-0.2, 0) is 13.1 Å². The normalized spacial score (nSPS) is 10.9. The summed E-state index contributed by atoms with van der Waals surface area (Å²) >= 11 is 0. The lowest BCUT2D eigenvalue weighted by Crippen LogP contribution is -2.22. The van der Waals surface area contributed by atoms with E-state index >= 15 is 0 Å². The largest absolute Gasteiger partial charge is 0.494 e. The Hall–Kier alpha value is -1.81. The first-order valence-corrected chi connectivity index (χ1v) is 7.17. The zero-order valence-corrected chi connectivity index (χ0v) is 12.2. The third-order valence-corrected chi connectivity index (χ3v) is 2.93. The van der Waals surface area contributed by atoms with Crippen molar-refractivity contribution >= 4 is 0 Å². The Bertz CT molecular complexity index is 493. The van der Waals surface area contributed by atoms with Gasteiger partial charge in [-0.1, -0.05) is 32.0 Å². The third kappa shape index (κ3) is 5.05. The van der Waals surface area contributed by atoms with Crippen LogP contribution < -0.4 is 10.1 Å². The van der Waals surface area contributed by atoms with Crippen molar-refractivity contribution in [2.24, 2.45) is 0 Å². The van der Waals surface area contributed by atoms with Gasteiger partial charge in [-0.15, -0.1) is 0 Å². The van der Waals surface area contributed by atoms with Crippen LogP contribution in [0.25, 0.3) is 0 Å². The van der Waals surface area contributed by atoms with Gasteiger partial charge >= 0.3 is 0 Å². The zero-order valence-electron chi connectivity index (χ0n) is 12.2. The lowest BCUT2D eigenvalue weighted by molar-refractivity contribution is 0.298. The van der Waals surface area contributed by atoms with Crippen LogP contribution in [0.5, 0.6) is 5.75 Å². The van der Waals surface area contributed by atoms with E-state index in [1.54, 1.807) is 0 Å². The van der Waals surface area contributed by atoms with Crippen molar-refractivity contribution in [2.45, 2.75) is 39.4 Å². The summed E-state index contributed by atoms with van der Waals surface area (Å²) in [7, 11) is 0. The van der Waals surface area contributed by atoms with E-state index < -0.39 is 0 Å². The van der Waals surface area contributed by atoms with Crippen LogP contribution in [0.2, 0.25) is 0 Å². The maximum atomic E-state index is 5.66. The highest BCUT2D eigenvalue weighted by atomic mass is 16.5. The molecule has 108 valence electrons. The predicted molar refractivity (Wildman–Crippen MR) is 80.8 cm³/mol. The minimum absolute atomic E-state index is 0.486. The molecule has 0 spiro atoms. The van der Waals surface area contributed by atoms with E-state index in [-0.39, 0.29) is 0 Å². The van der Waals surface area contributed by atoms with Gasteiger partial charge in [-0.25, -0.2) is 0 Å². The molecule has 0 fully saturated rings. The number of aromatic nitrogens is 2. The Morgan fingerprint density at radius 3 is 2.75 bits per heavy atom. The number of rotatable bonds is 8. The summed E-state index contributed by atoms with van der Waals surface area (Å²) in [5, 5.41) is 7.89. The molecule has 0 aliphatic heterocycles. The fourth-order valence-corrected chi connectivity index (χ4v) is 1.86. The number of benzene rings is 1. The molecule has 0 amide bonds. The first-order valence-electron chi connectivity index (χ1n) is 7.17. The zero-order chi connectivity index (χ0) is 14.2. The summed E-state index contributed by atoms with van der Waals surface area (Å²) in [5.74, 6) is 0.926. The molecule has 0 saturated carbocycles. The highest BCUT2D eigenvalue weighted by Gasteiger charge is 2.00. The van der Waals surface area contributed by atoms with Crippen LogP contribution in [0.1, 0.15) is 26.0 Å². The quantitative estimate of drug-likeness (QED) is 0.752. The number of nitrogens with zero attached hydrogens (tertiary/aromatic N) is 2. The maximum absolute atomic E-state index is 5.66. The topological polar surface area (TPSA) is 39.1 Å². The fourth-order valence-electron chi connectivity index (χ4n) is 1.86. The smallest absolute Gasteiger partial charge is 0.119 e. The average molecular weight is 273 g/mol. The van der Waals surface area contributed by atoms with Gasteiger partial charge in [-0.3, -0.25) is 4.68 Å². The number of hydrogen-bond donors (Lipinski definition) is 1. The second-order valence-corrected chi connectivity index (χ2v) is 5.12. The third-order valence-electron chi connectivity index (χ3n) is 2.93. The second kappa shape index (κ2) is 7.70. The molecule has 0 unspecified atom stereocenters. The Balaban J connectivity index is 1.67. The molecular formula is C16H23N3O. The van der Waals surface area contributed by atoms with Crippen LogP contribution in [0, 0.1) is 0 Å². The highest BCUT2D eigenvalue weighted by molar-refractivity contribution is 5.20. The molecule has 2 aromatic rings. The number of aryl methyl sites for hydroxylation is 1. The Kier molecular flexibility index (Phi) is 5.62. The number of hydrogen-bond acceptors (Lipinski definition) is 3. The number of para-hydroxylation sites is 1. The van der Waals surface area contributed by atoms with E-state index in [1.807, 2.05) is 41.2 Å². The van der Waals surface area contributed by atoms with Crippen LogP contribution in [0.3, 0.4) is 0 Å². The maximum Gasteiger partial charge on any atom is 0.119 e. The van der Waals surface area contributed by atoms with Crippen molar-refractivity contribution in [3.05, 3.63) is 48.3 Å². The highest BCUT2D eigenvalue weighted by Crippen LogP contribution is 2.08. The van der Waals surface area contributed by atoms with Crippen LogP contribution in [0.4, 0.5) is 0 Å². The van der Waals surface area contributed by atoms with Crippen molar-refractivity contribution in [1.29, 1.82) is 0 Å². The van der Waals surface area contributed by atoms with Gasteiger partial charge in [0, 0.05) is 31.7 Å². The van der Waals surface area contributed by atoms with E-state index in [0.717, 1.165) is 31.0 Å². The lowest BCUT2D eigenvalue weighted by atomic mass is 10.3. The lowest BCUT2D eigenvalue weighted by Gasteiger charge is -2.06. The van der Waals surface area contributed by atoms with Gasteiger partial charge in [0.25, 0.3) is 0 Å². The standard InChI is InChI=1S/C16H23N3O/c1-14(2)17-13-15-9-11-19(18-15)10-6-12-20-16-7-4-3-5-8-16/h3-5,7-9,11,14,17H,6,10,12-13H2,1-2H3. The summed E-state index contributed by atoms with van der Waals surface area (Å²) in [6.45, 7) is 6.69. The summed E-state index contributed by atoms with van der Waals surface area (Å²) in [5.41, 5.74) is 1.09. The van der Waals surface area contributed by atoms with Gasteiger partial charge in [0.05, 0.1) is 12.3 Å². The molecule has 0 aliphatic carbocycles. The molecule has 1 heterocycles. The molecule has 0 radical (unpaired) electrons. The van der Waals surface area contributed by atoms with Crippen molar-refractivity contribution in [1.82, 2.24) is 15.1 Å². The van der Waals surface area contributed by atoms with Gasteiger partial charge in [-0.2, -0.15) is 5.10 Å². The van der Waals surface area contributed by atoms with Gasteiger partial charge in [0.1, 0.15) is 5.75 Å². The molecule has 1 aromatic carbocycles. The molecule has 4 nitrogen and oxygen atoms in total. The number of ether oxygens (including phenoxy) is 1. The molecule has 1 N–H and O–H groups in total. The Morgan fingerprint density at radius 1 is 1.20 bits per heavy atom. The van der Waals surface area contributed by atoms with Crippen molar-refractivity contribution in [3.63, 3.8) is 0 Å². The van der Waals surface area contributed by atoms with Crippen LogP contribution in [0.15, 0.2) is 42.6 Å². The molecule has 2 rings (SSSR count). The van der Waals surface area contributed by atoms with E-state index in [9.17, 15) is 0 Å². The first kappa shape index (κ1) is 14.6. The molecule has 0 bridgehead atoms. The molecule has 0 atom stereocenters. The minimum Gasteiger partial charge on any atom is -0.494 e. The van der Waals surface area contributed by atoms with Crippen molar-refractivity contribution in [3.8, 4) is 5.75 Å². The molecule has 0 aliphatic rings. The van der Waals surface area contributed by atoms with Gasteiger partial charge < -0.3 is 10.1 Å². The van der Waals surface area contributed by atoms with Gasteiger partial charge in [-0.05, 0) is 18.2 Å². The minimum atomic E-state index is 0.486. The molecule has 20 heavy (non-hydrogen) atoms. The van der Waals surface area contributed by atoms with E-state index in [0.29, 0.717) is 12.6 Å². The summed E-state index contributed by atoms with van der Waals surface area (Å²) in [6.07, 6.45) is 2.98. The Morgan fingerprint density at radius 2 is 2.00 bits per heavy atom. The predicted octanol–water partition coefficient (Wildman–Crippen LogP) is 2.85. The van der Waals surface area contributed by atoms with Gasteiger partial charge in [0.15, 0.2) is 0 Å². The van der Waals surface area contributed by atoms with E-state index in [4.69, 9.17) is 4.74 Å². The molecule has 4 heteroatoms. The van der Waals surface area contributed by atoms with Crippen molar-refractivity contribution in [2.75, 3.05) is 6.61 Å². The molecule has 1 aromatic heterocycles. The van der Waals surface area contributed by atoms with Gasteiger partial charge in [0.2, 0.25) is 0 Å². The second-order valence-electron chi connectivity index (χ2n) is 5.12. The van der Waals surface area contributed by atoms with Crippen molar-refractivity contribution < 1.29 is 4.74 Å². The van der Waals surface area contributed by atoms with Crippen LogP contribution >= 0.6 is 0 Å². The first-order chi connectivity index (χ1) is 9.74. The molecular weight excluding hydrogens is 250 g/mol. The summed E-state index contributed by atoms with van der Waals surface area (Å²) in [6, 6.07) is 12.5. The molecule has 0 saturated heterocycles.